The topological polar surface area (TPSA) is 61.0 Å². The Balaban J connectivity index is 1.32. The predicted octanol–water partition coefficient (Wildman–Crippen LogP) is 9.67. The largest absolute Gasteiger partial charge is 0.457 e. The first-order chi connectivity index (χ1) is 20.7. The first-order valence-corrected chi connectivity index (χ1v) is 13.9. The van der Waals surface area contributed by atoms with E-state index in [1.54, 1.807) is 0 Å². The fraction of sp³-hybridized carbons (Fsp3) is 0. The summed E-state index contributed by atoms with van der Waals surface area (Å²) in [5, 5.41) is 0. The van der Waals surface area contributed by atoms with Gasteiger partial charge in [-0.1, -0.05) is 109 Å². The quantitative estimate of drug-likeness (QED) is 0.213. The molecule has 0 fully saturated rings. The normalized spacial score (nSPS) is 11.0. The van der Waals surface area contributed by atoms with E-state index >= 15 is 0 Å². The van der Waals surface area contributed by atoms with E-state index in [1.807, 2.05) is 54.6 Å². The van der Waals surface area contributed by atoms with Crippen molar-refractivity contribution in [3.63, 3.8) is 0 Å². The maximum atomic E-state index is 6.10. The van der Waals surface area contributed by atoms with Gasteiger partial charge in [0.25, 0.3) is 0 Å². The maximum Gasteiger partial charge on any atom is 0.129 e. The molecule has 0 aliphatic heterocycles. The van der Waals surface area contributed by atoms with Gasteiger partial charge in [0.2, 0.25) is 0 Å². The second-order valence-electron chi connectivity index (χ2n) is 10.1. The van der Waals surface area contributed by atoms with E-state index in [4.69, 9.17) is 20.4 Å². The Bertz CT molecular complexity index is 1970. The lowest BCUT2D eigenvalue weighted by molar-refractivity contribution is 0.483. The summed E-state index contributed by atoms with van der Waals surface area (Å²) in [4.78, 5) is 10.3. The maximum absolute atomic E-state index is 6.10. The summed E-state index contributed by atoms with van der Waals surface area (Å²) < 4.78 is 6.10. The van der Waals surface area contributed by atoms with Gasteiger partial charge in [-0.15, -0.1) is 0 Å². The highest BCUT2D eigenvalue weighted by molar-refractivity contribution is 5.88. The average molecular weight is 542 g/mol. The van der Waals surface area contributed by atoms with Gasteiger partial charge in [0.15, 0.2) is 0 Å². The van der Waals surface area contributed by atoms with E-state index in [0.29, 0.717) is 17.2 Å². The molecule has 0 radical (unpaired) electrons. The van der Waals surface area contributed by atoms with Gasteiger partial charge in [-0.25, -0.2) is 9.97 Å². The molecule has 0 atom stereocenters. The standard InChI is InChI=1S/C38H27N3O/c39-32-19-21-33(22-20-32)42-34-23-24-35-36(25-34)41-38(31-17-13-29(14-18-31)27-9-5-2-6-10-27)37(40-35)30-15-11-28(12-16-30)26-7-3-1-4-8-26/h1-25H,39H2. The van der Waals surface area contributed by atoms with Gasteiger partial charge >= 0.3 is 0 Å². The van der Waals surface area contributed by atoms with Crippen molar-refractivity contribution >= 4 is 16.7 Å². The highest BCUT2D eigenvalue weighted by Gasteiger charge is 2.15. The Morgan fingerprint density at radius 2 is 0.810 bits per heavy atom. The zero-order chi connectivity index (χ0) is 28.3. The first kappa shape index (κ1) is 25.2. The van der Waals surface area contributed by atoms with Crippen LogP contribution in [0.15, 0.2) is 152 Å². The number of rotatable bonds is 6. The molecule has 1 aromatic heterocycles. The SMILES string of the molecule is Nc1ccc(Oc2ccc3nc(-c4ccc(-c5ccccc5)cc4)c(-c4ccc(-c5ccccc5)cc4)nc3c2)cc1. The number of nitrogens with zero attached hydrogens (tertiary/aromatic N) is 2. The number of aromatic nitrogens is 2. The van der Waals surface area contributed by atoms with Crippen LogP contribution in [-0.4, -0.2) is 9.97 Å². The van der Waals surface area contributed by atoms with E-state index in [9.17, 15) is 0 Å². The van der Waals surface area contributed by atoms with Crippen LogP contribution in [0.2, 0.25) is 0 Å². The monoisotopic (exact) mass is 541 g/mol. The number of nitrogen functional groups attached to an aromatic ring is 1. The molecule has 1 heterocycles. The smallest absolute Gasteiger partial charge is 0.129 e. The molecule has 7 aromatic rings. The van der Waals surface area contributed by atoms with Crippen molar-refractivity contribution in [2.75, 3.05) is 5.73 Å². The summed E-state index contributed by atoms with van der Waals surface area (Å²) in [6.07, 6.45) is 0. The van der Waals surface area contributed by atoms with Crippen molar-refractivity contribution in [2.45, 2.75) is 0 Å². The Kier molecular flexibility index (Phi) is 6.63. The summed E-state index contributed by atoms with van der Waals surface area (Å²) in [6, 6.07) is 51.0. The third-order valence-electron chi connectivity index (χ3n) is 7.28. The summed E-state index contributed by atoms with van der Waals surface area (Å²) in [6.45, 7) is 0. The van der Waals surface area contributed by atoms with Gasteiger partial charge < -0.3 is 10.5 Å². The zero-order valence-corrected chi connectivity index (χ0v) is 22.8. The minimum absolute atomic E-state index is 0.687. The molecule has 0 unspecified atom stereocenters. The Labute approximate surface area is 244 Å². The van der Waals surface area contributed by atoms with Crippen LogP contribution in [0.4, 0.5) is 5.69 Å². The van der Waals surface area contributed by atoms with E-state index < -0.39 is 0 Å². The van der Waals surface area contributed by atoms with E-state index in [0.717, 1.165) is 44.7 Å². The van der Waals surface area contributed by atoms with E-state index in [-0.39, 0.29) is 0 Å². The number of nitrogens with two attached hydrogens (primary N) is 1. The molecule has 6 aromatic carbocycles. The lowest BCUT2D eigenvalue weighted by atomic mass is 9.98. The molecule has 0 amide bonds. The second-order valence-corrected chi connectivity index (χ2v) is 10.1. The van der Waals surface area contributed by atoms with Gasteiger partial charge in [0, 0.05) is 22.9 Å². The molecule has 0 aliphatic carbocycles. The van der Waals surface area contributed by atoms with Crippen LogP contribution in [0.3, 0.4) is 0 Å². The summed E-state index contributed by atoms with van der Waals surface area (Å²) in [7, 11) is 0. The van der Waals surface area contributed by atoms with Crippen LogP contribution < -0.4 is 10.5 Å². The number of ether oxygens (including phenoxy) is 1. The summed E-state index contributed by atoms with van der Waals surface area (Å²) in [5.41, 5.74) is 16.4. The van der Waals surface area contributed by atoms with Gasteiger partial charge in [-0.2, -0.15) is 0 Å². The molecule has 200 valence electrons. The highest BCUT2D eigenvalue weighted by Crippen LogP contribution is 2.35. The van der Waals surface area contributed by atoms with Gasteiger partial charge in [0.1, 0.15) is 11.5 Å². The van der Waals surface area contributed by atoms with Crippen LogP contribution in [0, 0.1) is 0 Å². The van der Waals surface area contributed by atoms with Crippen molar-refractivity contribution in [1.29, 1.82) is 0 Å². The van der Waals surface area contributed by atoms with Crippen LogP contribution in [0.25, 0.3) is 55.8 Å². The summed E-state index contributed by atoms with van der Waals surface area (Å²) in [5.74, 6) is 1.40. The highest BCUT2D eigenvalue weighted by atomic mass is 16.5. The molecule has 42 heavy (non-hydrogen) atoms. The molecule has 0 aliphatic rings. The third kappa shape index (κ3) is 5.21. The van der Waals surface area contributed by atoms with E-state index in [2.05, 4.69) is 97.1 Å². The van der Waals surface area contributed by atoms with Gasteiger partial charge in [0.05, 0.1) is 22.4 Å². The predicted molar refractivity (Wildman–Crippen MR) is 172 cm³/mol. The van der Waals surface area contributed by atoms with Crippen LogP contribution >= 0.6 is 0 Å². The number of hydrogen-bond acceptors (Lipinski definition) is 4. The van der Waals surface area contributed by atoms with Crippen LogP contribution in [0.1, 0.15) is 0 Å². The van der Waals surface area contributed by atoms with Crippen molar-refractivity contribution < 1.29 is 4.74 Å². The Morgan fingerprint density at radius 3 is 1.33 bits per heavy atom. The first-order valence-electron chi connectivity index (χ1n) is 13.9. The molecular formula is C38H27N3O. The number of anilines is 1. The molecule has 0 saturated carbocycles. The second kappa shape index (κ2) is 11.0. The minimum Gasteiger partial charge on any atom is -0.457 e. The minimum atomic E-state index is 0.687. The molecule has 4 heteroatoms. The number of fused-ring (bicyclic) bond motifs is 1. The lowest BCUT2D eigenvalue weighted by Gasteiger charge is -2.13. The van der Waals surface area contributed by atoms with E-state index in [1.165, 1.54) is 11.1 Å². The Morgan fingerprint density at radius 1 is 0.381 bits per heavy atom. The molecule has 4 nitrogen and oxygen atoms in total. The van der Waals surface area contributed by atoms with Crippen molar-refractivity contribution in [3.05, 3.63) is 152 Å². The number of hydrogen-bond donors (Lipinski definition) is 1. The number of benzene rings is 6. The molecule has 7 rings (SSSR count). The van der Waals surface area contributed by atoms with Gasteiger partial charge in [-0.3, -0.25) is 0 Å². The molecule has 2 N–H and O–H groups in total. The summed E-state index contributed by atoms with van der Waals surface area (Å²) >= 11 is 0. The van der Waals surface area contributed by atoms with Crippen molar-refractivity contribution in [1.82, 2.24) is 9.97 Å². The van der Waals surface area contributed by atoms with Crippen LogP contribution in [-0.2, 0) is 0 Å². The molecular weight excluding hydrogens is 514 g/mol. The lowest BCUT2D eigenvalue weighted by Crippen LogP contribution is -1.96. The fourth-order valence-electron chi connectivity index (χ4n) is 5.07. The zero-order valence-electron chi connectivity index (χ0n) is 22.8. The van der Waals surface area contributed by atoms with Gasteiger partial charge in [-0.05, 0) is 58.7 Å². The Hall–Kier alpha value is -5.74. The van der Waals surface area contributed by atoms with Crippen molar-refractivity contribution in [2.24, 2.45) is 0 Å². The van der Waals surface area contributed by atoms with Crippen molar-refractivity contribution in [3.8, 4) is 56.3 Å². The molecule has 0 spiro atoms. The average Bonchev–Trinajstić information content (AvgIpc) is 3.06. The fourth-order valence-corrected chi connectivity index (χ4v) is 5.07. The van der Waals surface area contributed by atoms with Crippen LogP contribution in [0.5, 0.6) is 11.5 Å². The third-order valence-corrected chi connectivity index (χ3v) is 7.28. The molecule has 0 bridgehead atoms. The molecule has 0 saturated heterocycles.